The molecule has 0 aliphatic rings. The van der Waals surface area contributed by atoms with E-state index in [1.54, 1.807) is 6.92 Å². The maximum Gasteiger partial charge on any atom is 0.181 e. The van der Waals surface area contributed by atoms with Gasteiger partial charge in [0.15, 0.2) is 6.10 Å². The predicted octanol–water partition coefficient (Wildman–Crippen LogP) is 3.24. The van der Waals surface area contributed by atoms with Gasteiger partial charge in [-0.2, -0.15) is 5.26 Å². The summed E-state index contributed by atoms with van der Waals surface area (Å²) in [5.41, 5.74) is 1.18. The van der Waals surface area contributed by atoms with E-state index in [1.165, 1.54) is 5.56 Å². The molecule has 0 aromatic heterocycles. The minimum atomic E-state index is -0.439. The second kappa shape index (κ2) is 6.63. The van der Waals surface area contributed by atoms with Gasteiger partial charge in [-0.25, -0.2) is 0 Å². The van der Waals surface area contributed by atoms with Gasteiger partial charge in [0.1, 0.15) is 11.8 Å². The fourth-order valence-corrected chi connectivity index (χ4v) is 1.81. The Hall–Kier alpha value is -1.05. The summed E-state index contributed by atoms with van der Waals surface area (Å²) in [5.74, 6) is 0.701. The summed E-state index contributed by atoms with van der Waals surface area (Å²) in [6.07, 6.45) is -0.439. The molecular weight excluding hydrogens is 280 g/mol. The lowest BCUT2D eigenvalue weighted by Gasteiger charge is -2.12. The van der Waals surface area contributed by atoms with Gasteiger partial charge in [-0.05, 0) is 40.5 Å². The number of ether oxygens (including phenoxy) is 1. The van der Waals surface area contributed by atoms with Crippen LogP contribution >= 0.6 is 15.9 Å². The first-order chi connectivity index (χ1) is 8.02. The lowest BCUT2D eigenvalue weighted by atomic mass is 10.2. The van der Waals surface area contributed by atoms with E-state index in [-0.39, 0.29) is 0 Å². The molecule has 0 heterocycles. The Bertz CT molecular complexity index is 412. The van der Waals surface area contributed by atoms with Crippen LogP contribution in [-0.2, 0) is 6.54 Å². The van der Waals surface area contributed by atoms with Crippen LogP contribution in [0.5, 0.6) is 5.75 Å². The quantitative estimate of drug-likeness (QED) is 0.907. The molecular formula is C13H17BrN2O. The van der Waals surface area contributed by atoms with Crippen molar-refractivity contribution < 1.29 is 4.74 Å². The second-order valence-corrected chi connectivity index (χ2v) is 5.04. The molecule has 92 valence electrons. The monoisotopic (exact) mass is 296 g/mol. The first kappa shape index (κ1) is 14.0. The standard InChI is InChI=1S/C13H17BrN2O/c1-9(2)16-8-11-4-5-13(12(14)6-11)17-10(3)7-15/h4-6,9-10,16H,8H2,1-3H3. The topological polar surface area (TPSA) is 45.0 Å². The first-order valence-electron chi connectivity index (χ1n) is 5.61. The zero-order valence-corrected chi connectivity index (χ0v) is 11.9. The molecule has 17 heavy (non-hydrogen) atoms. The fourth-order valence-electron chi connectivity index (χ4n) is 1.29. The molecule has 0 bridgehead atoms. The largest absolute Gasteiger partial charge is 0.475 e. The molecule has 0 spiro atoms. The average molecular weight is 297 g/mol. The molecule has 0 aliphatic heterocycles. The van der Waals surface area contributed by atoms with Crippen LogP contribution in [0.3, 0.4) is 0 Å². The lowest BCUT2D eigenvalue weighted by Crippen LogP contribution is -2.21. The zero-order valence-electron chi connectivity index (χ0n) is 10.3. The Morgan fingerprint density at radius 3 is 2.65 bits per heavy atom. The molecule has 1 atom stereocenters. The molecule has 0 saturated carbocycles. The summed E-state index contributed by atoms with van der Waals surface area (Å²) in [6, 6.07) is 8.39. The Morgan fingerprint density at radius 2 is 2.12 bits per heavy atom. The number of nitrogens with zero attached hydrogens (tertiary/aromatic N) is 1. The summed E-state index contributed by atoms with van der Waals surface area (Å²) in [5, 5.41) is 12.0. The van der Waals surface area contributed by atoms with E-state index in [0.29, 0.717) is 11.8 Å². The summed E-state index contributed by atoms with van der Waals surface area (Å²) >= 11 is 3.45. The molecule has 0 saturated heterocycles. The average Bonchev–Trinajstić information content (AvgIpc) is 2.29. The third-order valence-electron chi connectivity index (χ3n) is 2.20. The van der Waals surface area contributed by atoms with Gasteiger partial charge in [0.2, 0.25) is 0 Å². The second-order valence-electron chi connectivity index (χ2n) is 4.19. The number of benzene rings is 1. The van der Waals surface area contributed by atoms with Crippen LogP contribution in [-0.4, -0.2) is 12.1 Å². The Labute approximate surface area is 111 Å². The number of hydrogen-bond acceptors (Lipinski definition) is 3. The molecule has 1 aromatic carbocycles. The van der Waals surface area contributed by atoms with Crippen molar-refractivity contribution in [3.8, 4) is 11.8 Å². The van der Waals surface area contributed by atoms with Crippen LogP contribution < -0.4 is 10.1 Å². The number of nitriles is 1. The smallest absolute Gasteiger partial charge is 0.181 e. The SMILES string of the molecule is CC(C)NCc1ccc(OC(C)C#N)c(Br)c1. The van der Waals surface area contributed by atoms with E-state index in [1.807, 2.05) is 24.3 Å². The summed E-state index contributed by atoms with van der Waals surface area (Å²) in [6.45, 7) is 6.77. The summed E-state index contributed by atoms with van der Waals surface area (Å²) < 4.78 is 6.32. The van der Waals surface area contributed by atoms with Crippen LogP contribution in [0.15, 0.2) is 22.7 Å². The molecule has 4 heteroatoms. The predicted molar refractivity (Wildman–Crippen MR) is 71.8 cm³/mol. The Kier molecular flexibility index (Phi) is 5.46. The first-order valence-corrected chi connectivity index (χ1v) is 6.40. The van der Waals surface area contributed by atoms with Crippen molar-refractivity contribution >= 4 is 15.9 Å². The van der Waals surface area contributed by atoms with Gasteiger partial charge in [-0.15, -0.1) is 0 Å². The van der Waals surface area contributed by atoms with Crippen molar-refractivity contribution in [3.05, 3.63) is 28.2 Å². The van der Waals surface area contributed by atoms with E-state index in [4.69, 9.17) is 10.00 Å². The number of nitrogens with one attached hydrogen (secondary N) is 1. The van der Waals surface area contributed by atoms with Crippen LogP contribution in [0, 0.1) is 11.3 Å². The minimum Gasteiger partial charge on any atom is -0.475 e. The number of rotatable bonds is 5. The van der Waals surface area contributed by atoms with E-state index in [9.17, 15) is 0 Å². The van der Waals surface area contributed by atoms with Crippen LogP contribution in [0.1, 0.15) is 26.3 Å². The van der Waals surface area contributed by atoms with Crippen molar-refractivity contribution in [1.82, 2.24) is 5.32 Å². The summed E-state index contributed by atoms with van der Waals surface area (Å²) in [4.78, 5) is 0. The maximum absolute atomic E-state index is 8.69. The van der Waals surface area contributed by atoms with Crippen LogP contribution in [0.2, 0.25) is 0 Å². The highest BCUT2D eigenvalue weighted by atomic mass is 79.9. The lowest BCUT2D eigenvalue weighted by molar-refractivity contribution is 0.274. The van der Waals surface area contributed by atoms with Crippen molar-refractivity contribution in [2.75, 3.05) is 0 Å². The van der Waals surface area contributed by atoms with Gasteiger partial charge in [0, 0.05) is 12.6 Å². The molecule has 0 amide bonds. The highest BCUT2D eigenvalue weighted by Crippen LogP contribution is 2.26. The van der Waals surface area contributed by atoms with Crippen molar-refractivity contribution in [2.24, 2.45) is 0 Å². The molecule has 1 N–H and O–H groups in total. The van der Waals surface area contributed by atoms with Crippen molar-refractivity contribution in [3.63, 3.8) is 0 Å². The molecule has 1 unspecified atom stereocenters. The van der Waals surface area contributed by atoms with Crippen LogP contribution in [0.25, 0.3) is 0 Å². The van der Waals surface area contributed by atoms with Gasteiger partial charge in [-0.1, -0.05) is 19.9 Å². The van der Waals surface area contributed by atoms with E-state index in [0.717, 1.165) is 11.0 Å². The highest BCUT2D eigenvalue weighted by molar-refractivity contribution is 9.10. The van der Waals surface area contributed by atoms with Gasteiger partial charge in [-0.3, -0.25) is 0 Å². The van der Waals surface area contributed by atoms with Gasteiger partial charge in [0.25, 0.3) is 0 Å². The third kappa shape index (κ3) is 4.76. The molecule has 0 fully saturated rings. The number of hydrogen-bond donors (Lipinski definition) is 1. The van der Waals surface area contributed by atoms with Gasteiger partial charge < -0.3 is 10.1 Å². The molecule has 3 nitrogen and oxygen atoms in total. The van der Waals surface area contributed by atoms with E-state index >= 15 is 0 Å². The van der Waals surface area contributed by atoms with Crippen molar-refractivity contribution in [2.45, 2.75) is 39.5 Å². The molecule has 1 rings (SSSR count). The maximum atomic E-state index is 8.69. The molecule has 0 aliphatic carbocycles. The van der Waals surface area contributed by atoms with Gasteiger partial charge >= 0.3 is 0 Å². The van der Waals surface area contributed by atoms with Crippen molar-refractivity contribution in [1.29, 1.82) is 5.26 Å². The molecule has 0 radical (unpaired) electrons. The minimum absolute atomic E-state index is 0.439. The summed E-state index contributed by atoms with van der Waals surface area (Å²) in [7, 11) is 0. The third-order valence-corrected chi connectivity index (χ3v) is 2.82. The van der Waals surface area contributed by atoms with Gasteiger partial charge in [0.05, 0.1) is 4.47 Å². The highest BCUT2D eigenvalue weighted by Gasteiger charge is 2.06. The number of halogens is 1. The zero-order chi connectivity index (χ0) is 12.8. The van der Waals surface area contributed by atoms with E-state index < -0.39 is 6.10 Å². The normalized spacial score (nSPS) is 12.2. The van der Waals surface area contributed by atoms with E-state index in [2.05, 4.69) is 35.1 Å². The molecule has 1 aromatic rings. The Balaban J connectivity index is 2.69. The fraction of sp³-hybridized carbons (Fsp3) is 0.462. The van der Waals surface area contributed by atoms with Crippen LogP contribution in [0.4, 0.5) is 0 Å². The Morgan fingerprint density at radius 1 is 1.41 bits per heavy atom.